The number of hydrogen-bond donors (Lipinski definition) is 4. The first kappa shape index (κ1) is 36.4. The molecular weight excluding hydrogens is 753 g/mol. The third-order valence-corrected chi connectivity index (χ3v) is 11.1. The number of ether oxygens (including phenoxy) is 2. The molecule has 0 aliphatic heterocycles. The van der Waals surface area contributed by atoms with Gasteiger partial charge in [-0.1, -0.05) is 48.5 Å². The molecule has 8 heterocycles. The van der Waals surface area contributed by atoms with Crippen molar-refractivity contribution >= 4 is 50.3 Å². The topological polar surface area (TPSA) is 152 Å². The molecular formula is C47H40N10O3. The molecule has 60 heavy (non-hydrogen) atoms. The molecule has 0 saturated heterocycles. The summed E-state index contributed by atoms with van der Waals surface area (Å²) in [5.74, 6) is -0.876. The van der Waals surface area contributed by atoms with Crippen molar-refractivity contribution in [2.24, 2.45) is 0 Å². The number of aromatic amines is 2. The molecule has 0 amide bonds. The van der Waals surface area contributed by atoms with E-state index < -0.39 is 23.9 Å². The van der Waals surface area contributed by atoms with E-state index in [-0.39, 0.29) is 5.78 Å². The molecule has 10 rings (SSSR count). The molecule has 0 fully saturated rings. The van der Waals surface area contributed by atoms with Crippen LogP contribution >= 0.6 is 0 Å². The highest BCUT2D eigenvalue weighted by molar-refractivity contribution is 6.01. The first-order valence-corrected chi connectivity index (χ1v) is 19.6. The van der Waals surface area contributed by atoms with Crippen molar-refractivity contribution in [3.8, 4) is 11.8 Å². The van der Waals surface area contributed by atoms with Crippen molar-refractivity contribution < 1.29 is 14.3 Å². The number of fused-ring (bicyclic) bond motifs is 4. The van der Waals surface area contributed by atoms with E-state index in [4.69, 9.17) is 19.4 Å². The van der Waals surface area contributed by atoms with Gasteiger partial charge in [-0.15, -0.1) is 0 Å². The number of hydrogen-bond acceptors (Lipinski definition) is 9. The Bertz CT molecular complexity index is 2850. The predicted molar refractivity (Wildman–Crippen MR) is 232 cm³/mol. The van der Waals surface area contributed by atoms with E-state index in [1.54, 1.807) is 26.6 Å². The van der Waals surface area contributed by atoms with Crippen molar-refractivity contribution in [2.75, 3.05) is 24.9 Å². The van der Waals surface area contributed by atoms with Gasteiger partial charge in [-0.3, -0.25) is 4.79 Å². The molecule has 8 aromatic heterocycles. The van der Waals surface area contributed by atoms with E-state index in [9.17, 15) is 0 Å². The van der Waals surface area contributed by atoms with E-state index in [1.165, 1.54) is 0 Å². The molecule has 4 N–H and O–H groups in total. The third kappa shape index (κ3) is 6.71. The Hall–Kier alpha value is -7.93. The molecule has 0 aliphatic rings. The molecule has 13 heteroatoms. The molecule has 296 valence electrons. The largest absolute Gasteiger partial charge is 0.481 e. The number of ketones is 1. The zero-order chi connectivity index (χ0) is 40.6. The number of rotatable bonds is 14. The third-order valence-electron chi connectivity index (χ3n) is 11.1. The van der Waals surface area contributed by atoms with Gasteiger partial charge in [-0.2, -0.15) is 0 Å². The van der Waals surface area contributed by atoms with Crippen molar-refractivity contribution in [2.45, 2.75) is 23.9 Å². The van der Waals surface area contributed by atoms with E-state index in [0.29, 0.717) is 34.5 Å². The van der Waals surface area contributed by atoms with Gasteiger partial charge in [-0.05, 0) is 59.7 Å². The molecule has 0 radical (unpaired) electrons. The fourth-order valence-electron chi connectivity index (χ4n) is 8.34. The van der Waals surface area contributed by atoms with Gasteiger partial charge in [0.25, 0.3) is 0 Å². The Morgan fingerprint density at radius 2 is 1.05 bits per heavy atom. The second-order valence-corrected chi connectivity index (χ2v) is 14.6. The summed E-state index contributed by atoms with van der Waals surface area (Å²) in [6.07, 6.45) is 15.2. The molecule has 2 aromatic carbocycles. The summed E-state index contributed by atoms with van der Waals surface area (Å²) >= 11 is 0. The summed E-state index contributed by atoms with van der Waals surface area (Å²) in [4.78, 5) is 42.8. The predicted octanol–water partition coefficient (Wildman–Crippen LogP) is 8.90. The van der Waals surface area contributed by atoms with Crippen molar-refractivity contribution in [3.63, 3.8) is 0 Å². The van der Waals surface area contributed by atoms with Gasteiger partial charge in [0, 0.05) is 94.9 Å². The van der Waals surface area contributed by atoms with Gasteiger partial charge >= 0.3 is 0 Å². The van der Waals surface area contributed by atoms with Crippen LogP contribution in [0.5, 0.6) is 11.8 Å². The van der Waals surface area contributed by atoms with Crippen molar-refractivity contribution in [1.29, 1.82) is 0 Å². The van der Waals surface area contributed by atoms with Crippen LogP contribution in [-0.4, -0.2) is 58.7 Å². The van der Waals surface area contributed by atoms with Crippen LogP contribution in [0.15, 0.2) is 159 Å². The zero-order valence-electron chi connectivity index (χ0n) is 32.7. The maximum Gasteiger partial charge on any atom is 0.214 e. The first-order chi connectivity index (χ1) is 29.5. The first-order valence-electron chi connectivity index (χ1n) is 19.6. The van der Waals surface area contributed by atoms with Gasteiger partial charge in [0.05, 0.1) is 49.5 Å². The Kier molecular flexibility index (Phi) is 9.37. The highest BCUT2D eigenvalue weighted by Gasteiger charge is 2.44. The lowest BCUT2D eigenvalue weighted by Crippen LogP contribution is -2.34. The summed E-state index contributed by atoms with van der Waals surface area (Å²) in [5.41, 5.74) is 7.73. The Morgan fingerprint density at radius 3 is 1.50 bits per heavy atom. The quantitative estimate of drug-likeness (QED) is 0.0846. The fraction of sp³-hybridized carbons (Fsp3) is 0.128. The van der Waals surface area contributed by atoms with Crippen LogP contribution in [0, 0.1) is 0 Å². The normalized spacial score (nSPS) is 13.6. The summed E-state index contributed by atoms with van der Waals surface area (Å²) in [7, 11) is 3.17. The summed E-state index contributed by atoms with van der Waals surface area (Å²) in [6.45, 7) is 0. The minimum atomic E-state index is -0.836. The average Bonchev–Trinajstić information content (AvgIpc) is 4.11. The van der Waals surface area contributed by atoms with Crippen LogP contribution in [0.25, 0.3) is 33.1 Å². The highest BCUT2D eigenvalue weighted by atomic mass is 16.5. The van der Waals surface area contributed by atoms with E-state index in [2.05, 4.69) is 42.7 Å². The summed E-state index contributed by atoms with van der Waals surface area (Å²) in [6, 6.07) is 33.9. The van der Waals surface area contributed by atoms with Gasteiger partial charge in [0.1, 0.15) is 11.3 Å². The minimum Gasteiger partial charge on any atom is -0.481 e. The lowest BCUT2D eigenvalue weighted by Gasteiger charge is -2.33. The Balaban J connectivity index is 1.24. The summed E-state index contributed by atoms with van der Waals surface area (Å²) < 4.78 is 15.1. The van der Waals surface area contributed by atoms with Gasteiger partial charge < -0.3 is 38.9 Å². The molecule has 13 nitrogen and oxygen atoms in total. The number of carbonyl (C=O) groups is 1. The van der Waals surface area contributed by atoms with Crippen LogP contribution in [0.4, 0.5) is 11.4 Å². The lowest BCUT2D eigenvalue weighted by atomic mass is 9.75. The second-order valence-electron chi connectivity index (χ2n) is 14.6. The SMILES string of the molecule is COc1cc(NC(c2cn3ccccc3n2)C(C(=O)C(c2c[nH]c3ccccc23)C(Nc2ccnc(OC)c2)c2cn3ccccc3n2)c2c[nH]c3ccccc23)ccn1. The number of carbonyl (C=O) groups excluding carboxylic acids is 1. The number of nitrogens with one attached hydrogen (secondary N) is 4. The molecule has 4 atom stereocenters. The van der Waals surface area contributed by atoms with E-state index in [1.807, 2.05) is 143 Å². The van der Waals surface area contributed by atoms with E-state index in [0.717, 1.165) is 44.2 Å². The van der Waals surface area contributed by atoms with Crippen LogP contribution in [-0.2, 0) is 4.79 Å². The van der Waals surface area contributed by atoms with Crippen LogP contribution in [0.2, 0.25) is 0 Å². The Morgan fingerprint density at radius 1 is 0.600 bits per heavy atom. The molecule has 4 unspecified atom stereocenters. The second kappa shape index (κ2) is 15.4. The standard InChI is InChI=1S/C47H40N10O3/c1-59-41-23-29(17-19-48-41)52-45(37-27-56-21-9-7-15-39(56)54-37)43(33-25-50-35-13-5-3-11-31(33)35)47(58)44(34-26-51-36-14-6-4-12-32(34)36)46(53-30-18-20-49-42(24-30)60-2)38-28-57-22-10-8-16-40(57)55-38/h3-28,43-46,50-51H,1-2H3,(H,48,52)(H,49,53). The molecule has 0 bridgehead atoms. The van der Waals surface area contributed by atoms with E-state index >= 15 is 4.79 Å². The number of benzene rings is 2. The van der Waals surface area contributed by atoms with Crippen LogP contribution in [0.1, 0.15) is 46.4 Å². The summed E-state index contributed by atoms with van der Waals surface area (Å²) in [5, 5.41) is 9.38. The van der Waals surface area contributed by atoms with Crippen molar-refractivity contribution in [3.05, 3.63) is 181 Å². The van der Waals surface area contributed by atoms with Gasteiger partial charge in [0.15, 0.2) is 5.78 Å². The number of nitrogens with zero attached hydrogens (tertiary/aromatic N) is 6. The number of Topliss-reactive ketones (excluding diaryl/α,β-unsaturated/α-hetero) is 1. The zero-order valence-corrected chi connectivity index (χ0v) is 32.7. The number of imidazole rings is 2. The smallest absolute Gasteiger partial charge is 0.214 e. The average molecular weight is 793 g/mol. The highest BCUT2D eigenvalue weighted by Crippen LogP contribution is 2.46. The van der Waals surface area contributed by atoms with Crippen molar-refractivity contribution in [1.82, 2.24) is 38.7 Å². The number of para-hydroxylation sites is 2. The monoisotopic (exact) mass is 792 g/mol. The molecule has 0 aliphatic carbocycles. The van der Waals surface area contributed by atoms with Gasteiger partial charge in [-0.25, -0.2) is 19.9 Å². The number of pyridine rings is 4. The number of H-pyrrole nitrogens is 2. The molecule has 0 saturated carbocycles. The van der Waals surface area contributed by atoms with Crippen LogP contribution in [0.3, 0.4) is 0 Å². The maximum atomic E-state index is 16.8. The molecule has 10 aromatic rings. The van der Waals surface area contributed by atoms with Crippen LogP contribution < -0.4 is 20.1 Å². The minimum absolute atomic E-state index is 0.0735. The number of methoxy groups -OCH3 is 2. The molecule has 0 spiro atoms. The van der Waals surface area contributed by atoms with Gasteiger partial charge in [0.2, 0.25) is 11.8 Å². The fourth-order valence-corrected chi connectivity index (χ4v) is 8.34. The lowest BCUT2D eigenvalue weighted by molar-refractivity contribution is -0.122. The number of anilines is 2. The maximum absolute atomic E-state index is 16.8. The Labute approximate surface area is 344 Å². The number of aromatic nitrogens is 8.